The summed E-state index contributed by atoms with van der Waals surface area (Å²) in [4.78, 5) is 3.92. The Bertz CT molecular complexity index is 504. The molecule has 1 aromatic heterocycles. The normalized spacial score (nSPS) is 23.2. The van der Waals surface area contributed by atoms with Gasteiger partial charge in [0.15, 0.2) is 0 Å². The summed E-state index contributed by atoms with van der Waals surface area (Å²) in [6.45, 7) is 1.11. The summed E-state index contributed by atoms with van der Waals surface area (Å²) in [6, 6.07) is 3.59. The second kappa shape index (κ2) is 5.98. The zero-order valence-electron chi connectivity index (χ0n) is 11.1. The molecule has 106 valence electrons. The summed E-state index contributed by atoms with van der Waals surface area (Å²) in [5.41, 5.74) is 0.839. The second-order valence-corrected chi connectivity index (χ2v) is 7.14. The van der Waals surface area contributed by atoms with E-state index in [0.29, 0.717) is 19.5 Å². The Balaban J connectivity index is 1.96. The molecule has 1 N–H and O–H groups in total. The van der Waals surface area contributed by atoms with Gasteiger partial charge in [-0.25, -0.2) is 12.7 Å². The molecule has 0 amide bonds. The Morgan fingerprint density at radius 2 is 2.16 bits per heavy atom. The van der Waals surface area contributed by atoms with Gasteiger partial charge in [-0.05, 0) is 42.9 Å². The maximum absolute atomic E-state index is 11.5. The second-order valence-electron chi connectivity index (χ2n) is 5.16. The molecule has 1 fully saturated rings. The predicted octanol–water partition coefficient (Wildman–Crippen LogP) is 1.18. The molecular formula is C13H20N2O3S. The van der Waals surface area contributed by atoms with Gasteiger partial charge in [0.2, 0.25) is 10.0 Å². The summed E-state index contributed by atoms with van der Waals surface area (Å²) in [6.07, 6.45) is 6.43. The minimum atomic E-state index is -3.12. The third kappa shape index (κ3) is 3.99. The molecule has 1 aliphatic heterocycles. The van der Waals surface area contributed by atoms with Gasteiger partial charge in [-0.15, -0.1) is 0 Å². The van der Waals surface area contributed by atoms with Crippen molar-refractivity contribution in [3.63, 3.8) is 0 Å². The first kappa shape index (κ1) is 14.4. The summed E-state index contributed by atoms with van der Waals surface area (Å²) in [7, 11) is -3.12. The van der Waals surface area contributed by atoms with E-state index in [1.807, 2.05) is 0 Å². The number of hydrogen-bond donors (Lipinski definition) is 1. The fourth-order valence-corrected chi connectivity index (χ4v) is 3.50. The van der Waals surface area contributed by atoms with Gasteiger partial charge < -0.3 is 5.11 Å². The van der Waals surface area contributed by atoms with Crippen LogP contribution >= 0.6 is 0 Å². The van der Waals surface area contributed by atoms with Crippen LogP contribution in [0.2, 0.25) is 0 Å². The number of hydrogen-bond acceptors (Lipinski definition) is 4. The van der Waals surface area contributed by atoms with Gasteiger partial charge >= 0.3 is 0 Å². The molecular weight excluding hydrogens is 264 g/mol. The Labute approximate surface area is 114 Å². The summed E-state index contributed by atoms with van der Waals surface area (Å²) >= 11 is 0. The van der Waals surface area contributed by atoms with Crippen LogP contribution in [0.25, 0.3) is 0 Å². The number of aromatic nitrogens is 1. The van der Waals surface area contributed by atoms with Crippen molar-refractivity contribution < 1.29 is 13.5 Å². The average Bonchev–Trinajstić information content (AvgIpc) is 2.39. The van der Waals surface area contributed by atoms with E-state index in [0.717, 1.165) is 18.4 Å². The van der Waals surface area contributed by atoms with Crippen molar-refractivity contribution in [3.05, 3.63) is 30.1 Å². The maximum Gasteiger partial charge on any atom is 0.211 e. The molecule has 5 nitrogen and oxygen atoms in total. The first-order valence-electron chi connectivity index (χ1n) is 6.50. The van der Waals surface area contributed by atoms with Gasteiger partial charge in [0.05, 0.1) is 12.4 Å². The number of sulfonamides is 1. The van der Waals surface area contributed by atoms with E-state index in [-0.39, 0.29) is 5.92 Å². The van der Waals surface area contributed by atoms with Crippen LogP contribution in [0.3, 0.4) is 0 Å². The third-order valence-corrected chi connectivity index (χ3v) is 4.87. The van der Waals surface area contributed by atoms with Gasteiger partial charge in [0.25, 0.3) is 0 Å². The molecule has 0 radical (unpaired) electrons. The van der Waals surface area contributed by atoms with Gasteiger partial charge in [0.1, 0.15) is 0 Å². The number of piperidine rings is 1. The monoisotopic (exact) mass is 284 g/mol. The molecule has 0 bridgehead atoms. The Morgan fingerprint density at radius 1 is 1.47 bits per heavy atom. The largest absolute Gasteiger partial charge is 0.388 e. The zero-order chi connectivity index (χ0) is 13.9. The lowest BCUT2D eigenvalue weighted by atomic mass is 9.91. The highest BCUT2D eigenvalue weighted by molar-refractivity contribution is 7.88. The van der Waals surface area contributed by atoms with E-state index >= 15 is 0 Å². The van der Waals surface area contributed by atoms with Crippen molar-refractivity contribution in [2.24, 2.45) is 5.92 Å². The van der Waals surface area contributed by atoms with E-state index in [1.165, 1.54) is 10.6 Å². The fraction of sp³-hybridized carbons (Fsp3) is 0.615. The molecule has 1 saturated heterocycles. The molecule has 1 aromatic rings. The van der Waals surface area contributed by atoms with Crippen molar-refractivity contribution in [3.8, 4) is 0 Å². The lowest BCUT2D eigenvalue weighted by molar-refractivity contribution is 0.123. The first-order valence-corrected chi connectivity index (χ1v) is 8.35. The Kier molecular flexibility index (Phi) is 4.54. The fourth-order valence-electron chi connectivity index (χ4n) is 2.56. The Hall–Kier alpha value is -0.980. The first-order chi connectivity index (χ1) is 8.97. The minimum absolute atomic E-state index is 0.214. The van der Waals surface area contributed by atoms with Crippen molar-refractivity contribution >= 4 is 10.0 Å². The van der Waals surface area contributed by atoms with Crippen molar-refractivity contribution in [2.45, 2.75) is 25.4 Å². The summed E-state index contributed by atoms with van der Waals surface area (Å²) in [5.74, 6) is 0.214. The van der Waals surface area contributed by atoms with Crippen molar-refractivity contribution in [1.29, 1.82) is 0 Å². The summed E-state index contributed by atoms with van der Waals surface area (Å²) in [5, 5.41) is 10.2. The lowest BCUT2D eigenvalue weighted by Crippen LogP contribution is -2.39. The molecule has 0 aliphatic carbocycles. The molecule has 6 heteroatoms. The molecule has 2 unspecified atom stereocenters. The van der Waals surface area contributed by atoms with E-state index in [9.17, 15) is 13.5 Å². The van der Waals surface area contributed by atoms with E-state index in [2.05, 4.69) is 4.98 Å². The Morgan fingerprint density at radius 3 is 2.79 bits per heavy atom. The topological polar surface area (TPSA) is 70.5 Å². The lowest BCUT2D eigenvalue weighted by Gasteiger charge is -2.32. The summed E-state index contributed by atoms with van der Waals surface area (Å²) < 4.78 is 24.6. The molecule has 0 aromatic carbocycles. The van der Waals surface area contributed by atoms with Crippen molar-refractivity contribution in [1.82, 2.24) is 9.29 Å². The minimum Gasteiger partial charge on any atom is -0.388 e. The highest BCUT2D eigenvalue weighted by atomic mass is 32.2. The molecule has 0 spiro atoms. The van der Waals surface area contributed by atoms with Crippen LogP contribution in [0.1, 0.15) is 30.9 Å². The van der Waals surface area contributed by atoms with Gasteiger partial charge in [-0.1, -0.05) is 0 Å². The van der Waals surface area contributed by atoms with E-state index in [4.69, 9.17) is 0 Å². The molecule has 19 heavy (non-hydrogen) atoms. The highest BCUT2D eigenvalue weighted by Crippen LogP contribution is 2.28. The molecule has 1 aliphatic rings. The number of aliphatic hydroxyl groups excluding tert-OH is 1. The molecule has 2 rings (SSSR count). The van der Waals surface area contributed by atoms with Crippen molar-refractivity contribution in [2.75, 3.05) is 19.3 Å². The predicted molar refractivity (Wildman–Crippen MR) is 73.0 cm³/mol. The van der Waals surface area contributed by atoms with Crippen LogP contribution in [0.4, 0.5) is 0 Å². The smallest absolute Gasteiger partial charge is 0.211 e. The number of aliphatic hydroxyl groups is 1. The van der Waals surface area contributed by atoms with Crippen LogP contribution in [-0.4, -0.2) is 42.2 Å². The number of nitrogens with zero attached hydrogens (tertiary/aromatic N) is 2. The highest BCUT2D eigenvalue weighted by Gasteiger charge is 2.27. The third-order valence-electron chi connectivity index (χ3n) is 3.60. The van der Waals surface area contributed by atoms with Gasteiger partial charge in [-0.2, -0.15) is 0 Å². The van der Waals surface area contributed by atoms with Crippen LogP contribution in [0.5, 0.6) is 0 Å². The maximum atomic E-state index is 11.5. The van der Waals surface area contributed by atoms with Crippen LogP contribution in [-0.2, 0) is 10.0 Å². The number of rotatable bonds is 4. The SMILES string of the molecule is CS(=O)(=O)N1CCCC(CC(O)c2ccncc2)C1. The van der Waals surface area contributed by atoms with Crippen LogP contribution in [0, 0.1) is 5.92 Å². The quantitative estimate of drug-likeness (QED) is 0.901. The number of pyridine rings is 1. The zero-order valence-corrected chi connectivity index (χ0v) is 11.9. The average molecular weight is 284 g/mol. The van der Waals surface area contributed by atoms with Crippen LogP contribution in [0.15, 0.2) is 24.5 Å². The molecule has 2 heterocycles. The molecule has 2 atom stereocenters. The van der Waals surface area contributed by atoms with Crippen LogP contribution < -0.4 is 0 Å². The standard InChI is InChI=1S/C13H20N2O3S/c1-19(17,18)15-8-2-3-11(10-15)9-13(16)12-4-6-14-7-5-12/h4-7,11,13,16H,2-3,8-10H2,1H3. The van der Waals surface area contributed by atoms with E-state index < -0.39 is 16.1 Å². The molecule has 0 saturated carbocycles. The van der Waals surface area contributed by atoms with Gasteiger partial charge in [0, 0.05) is 25.5 Å². The van der Waals surface area contributed by atoms with E-state index in [1.54, 1.807) is 24.5 Å². The van der Waals surface area contributed by atoms with Gasteiger partial charge in [-0.3, -0.25) is 4.98 Å².